The van der Waals surface area contributed by atoms with Gasteiger partial charge in [0.1, 0.15) is 0 Å². The molecular formula is C20H26N4O5S2. The number of non-ortho nitro benzene ring substituents is 1. The minimum absolute atomic E-state index is 0.00429. The summed E-state index contributed by atoms with van der Waals surface area (Å²) in [6.45, 7) is 4.99. The summed E-state index contributed by atoms with van der Waals surface area (Å²) in [6, 6.07) is 4.61. The van der Waals surface area contributed by atoms with Crippen molar-refractivity contribution in [2.24, 2.45) is 4.99 Å². The van der Waals surface area contributed by atoms with Crippen LogP contribution in [0, 0.1) is 10.1 Å². The predicted molar refractivity (Wildman–Crippen MR) is 121 cm³/mol. The maximum absolute atomic E-state index is 12.4. The second kappa shape index (κ2) is 11.4. The first kappa shape index (κ1) is 23.4. The van der Waals surface area contributed by atoms with E-state index in [-0.39, 0.29) is 29.0 Å². The summed E-state index contributed by atoms with van der Waals surface area (Å²) in [6.07, 6.45) is 3.24. The van der Waals surface area contributed by atoms with Gasteiger partial charge in [-0.3, -0.25) is 19.7 Å². The van der Waals surface area contributed by atoms with Crippen molar-refractivity contribution in [1.29, 1.82) is 0 Å². The molecule has 9 nitrogen and oxygen atoms in total. The van der Waals surface area contributed by atoms with Gasteiger partial charge in [-0.2, -0.15) is 4.99 Å². The Labute approximate surface area is 188 Å². The van der Waals surface area contributed by atoms with E-state index in [2.05, 4.69) is 4.99 Å². The smallest absolute Gasteiger partial charge is 0.270 e. The van der Waals surface area contributed by atoms with Gasteiger partial charge in [-0.1, -0.05) is 11.3 Å². The summed E-state index contributed by atoms with van der Waals surface area (Å²) in [5, 5.41) is 11.1. The van der Waals surface area contributed by atoms with Gasteiger partial charge in [0.2, 0.25) is 5.91 Å². The summed E-state index contributed by atoms with van der Waals surface area (Å²) >= 11 is 2.51. The molecule has 0 N–H and O–H groups in total. The van der Waals surface area contributed by atoms with Gasteiger partial charge in [0, 0.05) is 38.4 Å². The number of aromatic nitrogens is 1. The highest BCUT2D eigenvalue weighted by atomic mass is 32.2. The molecule has 0 unspecified atom stereocenters. The number of nitrogens with zero attached hydrogens (tertiary/aromatic N) is 4. The Morgan fingerprint density at radius 1 is 1.26 bits per heavy atom. The van der Waals surface area contributed by atoms with E-state index in [1.54, 1.807) is 6.07 Å². The number of carbonyl (C=O) groups is 2. The highest BCUT2D eigenvalue weighted by Crippen LogP contribution is 2.23. The molecule has 1 aromatic heterocycles. The van der Waals surface area contributed by atoms with E-state index < -0.39 is 4.92 Å². The molecule has 0 saturated carbocycles. The predicted octanol–water partition coefficient (Wildman–Crippen LogP) is 2.82. The molecule has 0 aliphatic carbocycles. The van der Waals surface area contributed by atoms with Crippen LogP contribution in [0.15, 0.2) is 23.2 Å². The van der Waals surface area contributed by atoms with Crippen LogP contribution < -0.4 is 4.80 Å². The van der Waals surface area contributed by atoms with Crippen molar-refractivity contribution in [1.82, 2.24) is 9.47 Å². The van der Waals surface area contributed by atoms with Crippen LogP contribution in [0.25, 0.3) is 10.2 Å². The SMILES string of the molecule is CCOCCn1c(=NC(=O)CSCC(=O)N2CCCCC2)sc2cc([N+](=O)[O-])ccc21. The number of hydrogen-bond donors (Lipinski definition) is 0. The topological polar surface area (TPSA) is 107 Å². The molecule has 1 aromatic carbocycles. The van der Waals surface area contributed by atoms with Crippen LogP contribution in [-0.2, 0) is 20.9 Å². The number of piperidine rings is 1. The first-order valence-electron chi connectivity index (χ1n) is 10.3. The van der Waals surface area contributed by atoms with Gasteiger partial charge in [-0.25, -0.2) is 0 Å². The van der Waals surface area contributed by atoms with Crippen molar-refractivity contribution in [3.8, 4) is 0 Å². The van der Waals surface area contributed by atoms with E-state index in [4.69, 9.17) is 4.74 Å². The molecule has 11 heteroatoms. The number of nitro groups is 1. The number of likely N-dealkylation sites (tertiary alicyclic amines) is 1. The van der Waals surface area contributed by atoms with Crippen molar-refractivity contribution in [2.45, 2.75) is 32.7 Å². The first-order valence-corrected chi connectivity index (χ1v) is 12.3. The summed E-state index contributed by atoms with van der Waals surface area (Å²) in [7, 11) is 0. The zero-order valence-corrected chi connectivity index (χ0v) is 19.1. The second-order valence-electron chi connectivity index (χ2n) is 7.08. The molecule has 1 aliphatic rings. The highest BCUT2D eigenvalue weighted by Gasteiger charge is 2.17. The van der Waals surface area contributed by atoms with Crippen molar-refractivity contribution < 1.29 is 19.2 Å². The molecule has 1 saturated heterocycles. The monoisotopic (exact) mass is 466 g/mol. The Morgan fingerprint density at radius 3 is 2.74 bits per heavy atom. The van der Waals surface area contributed by atoms with E-state index in [0.717, 1.165) is 37.9 Å². The molecule has 0 bridgehead atoms. The van der Waals surface area contributed by atoms with Gasteiger partial charge in [-0.15, -0.1) is 11.8 Å². The number of benzene rings is 1. The van der Waals surface area contributed by atoms with E-state index in [1.165, 1.54) is 35.2 Å². The van der Waals surface area contributed by atoms with Crippen molar-refractivity contribution in [3.05, 3.63) is 33.1 Å². The molecular weight excluding hydrogens is 440 g/mol. The van der Waals surface area contributed by atoms with E-state index >= 15 is 0 Å². The molecule has 0 spiro atoms. The number of carbonyl (C=O) groups excluding carboxylic acids is 2. The van der Waals surface area contributed by atoms with Crippen LogP contribution in [0.4, 0.5) is 5.69 Å². The molecule has 1 aliphatic heterocycles. The fraction of sp³-hybridized carbons (Fsp3) is 0.550. The quantitative estimate of drug-likeness (QED) is 0.320. The summed E-state index contributed by atoms with van der Waals surface area (Å²) < 4.78 is 7.96. The highest BCUT2D eigenvalue weighted by molar-refractivity contribution is 8.00. The van der Waals surface area contributed by atoms with Crippen molar-refractivity contribution >= 4 is 50.8 Å². The van der Waals surface area contributed by atoms with Crippen LogP contribution in [-0.4, -0.2) is 64.0 Å². The zero-order chi connectivity index (χ0) is 22.2. The lowest BCUT2D eigenvalue weighted by Crippen LogP contribution is -2.36. The van der Waals surface area contributed by atoms with Crippen LogP contribution in [0.5, 0.6) is 0 Å². The van der Waals surface area contributed by atoms with Gasteiger partial charge in [-0.05, 0) is 32.3 Å². The molecule has 0 radical (unpaired) electrons. The Bertz CT molecular complexity index is 1010. The molecule has 3 rings (SSSR count). The molecule has 168 valence electrons. The zero-order valence-electron chi connectivity index (χ0n) is 17.4. The van der Waals surface area contributed by atoms with Crippen LogP contribution in [0.2, 0.25) is 0 Å². The fourth-order valence-corrected chi connectivity index (χ4v) is 5.18. The summed E-state index contributed by atoms with van der Waals surface area (Å²) in [5.41, 5.74) is 0.769. The van der Waals surface area contributed by atoms with Gasteiger partial charge < -0.3 is 14.2 Å². The summed E-state index contributed by atoms with van der Waals surface area (Å²) in [5.74, 6) is 0.116. The van der Waals surface area contributed by atoms with Gasteiger partial charge in [0.25, 0.3) is 11.6 Å². The standard InChI is InChI=1S/C20H26N4O5S2/c1-2-29-11-10-23-16-7-6-15(24(27)28)12-17(16)31-20(23)21-18(25)13-30-14-19(26)22-8-4-3-5-9-22/h6-7,12H,2-5,8-11,13-14H2,1H3. The molecule has 2 heterocycles. The van der Waals surface area contributed by atoms with Crippen LogP contribution >= 0.6 is 23.1 Å². The lowest BCUT2D eigenvalue weighted by Gasteiger charge is -2.26. The van der Waals surface area contributed by atoms with E-state index in [1.807, 2.05) is 16.4 Å². The third-order valence-electron chi connectivity index (χ3n) is 4.92. The van der Waals surface area contributed by atoms with Gasteiger partial charge >= 0.3 is 0 Å². The maximum atomic E-state index is 12.4. The number of ether oxygens (including phenoxy) is 1. The van der Waals surface area contributed by atoms with Crippen molar-refractivity contribution in [3.63, 3.8) is 0 Å². The lowest BCUT2D eigenvalue weighted by atomic mass is 10.1. The van der Waals surface area contributed by atoms with Gasteiger partial charge in [0.15, 0.2) is 4.80 Å². The van der Waals surface area contributed by atoms with E-state index in [9.17, 15) is 19.7 Å². The number of thiazole rings is 1. The second-order valence-corrected chi connectivity index (χ2v) is 9.08. The number of amides is 2. The maximum Gasteiger partial charge on any atom is 0.270 e. The van der Waals surface area contributed by atoms with Crippen LogP contribution in [0.3, 0.4) is 0 Å². The number of nitro benzene ring substituents is 1. The first-order chi connectivity index (χ1) is 15.0. The molecule has 2 amide bonds. The Kier molecular flexibility index (Phi) is 8.61. The fourth-order valence-electron chi connectivity index (χ4n) is 3.38. The number of thioether (sulfide) groups is 1. The largest absolute Gasteiger partial charge is 0.380 e. The lowest BCUT2D eigenvalue weighted by molar-refractivity contribution is -0.384. The number of rotatable bonds is 9. The Balaban J connectivity index is 1.72. The minimum atomic E-state index is -0.443. The number of hydrogen-bond acceptors (Lipinski definition) is 7. The van der Waals surface area contributed by atoms with E-state index in [0.29, 0.717) is 29.3 Å². The van der Waals surface area contributed by atoms with Crippen LogP contribution in [0.1, 0.15) is 26.2 Å². The third kappa shape index (κ3) is 6.37. The summed E-state index contributed by atoms with van der Waals surface area (Å²) in [4.78, 5) is 41.9. The van der Waals surface area contributed by atoms with Gasteiger partial charge in [0.05, 0.1) is 33.3 Å². The normalized spacial score (nSPS) is 14.9. The number of fused-ring (bicyclic) bond motifs is 1. The molecule has 1 fully saturated rings. The average molecular weight is 467 g/mol. The molecule has 2 aromatic rings. The Hall–Kier alpha value is -2.24. The van der Waals surface area contributed by atoms with Crippen molar-refractivity contribution in [2.75, 3.05) is 37.8 Å². The molecule has 0 atom stereocenters. The Morgan fingerprint density at radius 2 is 2.03 bits per heavy atom. The molecule has 31 heavy (non-hydrogen) atoms. The third-order valence-corrected chi connectivity index (χ3v) is 6.86. The average Bonchev–Trinajstić information content (AvgIpc) is 3.10. The minimum Gasteiger partial charge on any atom is -0.380 e.